The lowest BCUT2D eigenvalue weighted by atomic mass is 9.55. The van der Waals surface area contributed by atoms with Crippen molar-refractivity contribution in [3.63, 3.8) is 0 Å². The van der Waals surface area contributed by atoms with Crippen LogP contribution in [0.2, 0.25) is 0 Å². The van der Waals surface area contributed by atoms with E-state index >= 15 is 0 Å². The van der Waals surface area contributed by atoms with Gasteiger partial charge in [0.05, 0.1) is 38.7 Å². The van der Waals surface area contributed by atoms with E-state index in [-0.39, 0.29) is 46.6 Å². The van der Waals surface area contributed by atoms with E-state index in [1.807, 2.05) is 6.07 Å². The van der Waals surface area contributed by atoms with E-state index in [0.29, 0.717) is 62.8 Å². The van der Waals surface area contributed by atoms with Crippen LogP contribution in [0, 0.1) is 17.3 Å². The molecule has 2 aromatic rings. The maximum Gasteiger partial charge on any atom is 0.530 e. The predicted octanol–water partition coefficient (Wildman–Crippen LogP) is 13.9. The third-order valence-corrected chi connectivity index (χ3v) is 17.0. The molecule has 69 heavy (non-hydrogen) atoms. The van der Waals surface area contributed by atoms with Gasteiger partial charge < -0.3 is 35.5 Å². The molecule has 0 spiro atoms. The van der Waals surface area contributed by atoms with Gasteiger partial charge in [-0.2, -0.15) is 0 Å². The lowest BCUT2D eigenvalue weighted by Gasteiger charge is -2.50. The molecular formula is C56H92N3O9P. The minimum Gasteiger partial charge on any atom is -0.505 e. The molecule has 0 saturated heterocycles. The van der Waals surface area contributed by atoms with Gasteiger partial charge in [-0.3, -0.25) is 18.6 Å². The Labute approximate surface area is 416 Å². The van der Waals surface area contributed by atoms with Gasteiger partial charge in [0.15, 0.2) is 5.75 Å². The van der Waals surface area contributed by atoms with E-state index in [1.54, 1.807) is 0 Å². The molecule has 2 aromatic carbocycles. The number of phosphoric acid groups is 1. The molecule has 3 aliphatic carbocycles. The minimum atomic E-state index is -3.80. The van der Waals surface area contributed by atoms with Crippen molar-refractivity contribution >= 4 is 25.3 Å². The number of hydrogen-bond donors (Lipinski definition) is 4. The number of carbonyl (C=O) groups is 2. The highest BCUT2D eigenvalue weighted by Crippen LogP contribution is 2.62. The number of nitrogens with two attached hydrogens (primary N) is 1. The lowest BCUT2D eigenvalue weighted by Crippen LogP contribution is -2.45. The monoisotopic (exact) mass is 982 g/mol. The first-order valence-corrected chi connectivity index (χ1v) is 29.0. The molecule has 0 bridgehead atoms. The van der Waals surface area contributed by atoms with Crippen LogP contribution < -0.4 is 25.6 Å². The molecule has 5 atom stereocenters. The Balaban J connectivity index is 1.05. The van der Waals surface area contributed by atoms with Crippen LogP contribution in [0.15, 0.2) is 30.3 Å². The summed E-state index contributed by atoms with van der Waals surface area (Å²) in [5, 5.41) is 16.0. The van der Waals surface area contributed by atoms with E-state index in [1.165, 1.54) is 133 Å². The number of phenolic OH excluding ortho intramolecular Hbond substituents is 1. The van der Waals surface area contributed by atoms with Gasteiger partial charge in [-0.05, 0) is 116 Å². The van der Waals surface area contributed by atoms with Gasteiger partial charge in [-0.15, -0.1) is 0 Å². The van der Waals surface area contributed by atoms with Crippen molar-refractivity contribution in [3.8, 4) is 17.2 Å². The summed E-state index contributed by atoms with van der Waals surface area (Å²) in [4.78, 5) is 25.4. The summed E-state index contributed by atoms with van der Waals surface area (Å²) in [5.41, 5.74) is 8.61. The first-order valence-electron chi connectivity index (χ1n) is 27.6. The number of amides is 2. The highest BCUT2D eigenvalue weighted by Gasteiger charge is 2.55. The molecule has 5 rings (SSSR count). The number of carbonyl (C=O) groups excluding carboxylic acids is 2. The molecule has 3 aliphatic rings. The molecule has 0 heterocycles. The predicted molar refractivity (Wildman–Crippen MR) is 278 cm³/mol. The molecule has 0 radical (unpaired) electrons. The molecule has 2 saturated carbocycles. The molecule has 2 amide bonds. The van der Waals surface area contributed by atoms with Crippen LogP contribution in [0.5, 0.6) is 17.2 Å². The van der Waals surface area contributed by atoms with Gasteiger partial charge in [-0.25, -0.2) is 4.57 Å². The van der Waals surface area contributed by atoms with Crippen LogP contribution in [0.4, 0.5) is 5.69 Å². The van der Waals surface area contributed by atoms with Crippen molar-refractivity contribution in [2.24, 2.45) is 17.3 Å². The third kappa shape index (κ3) is 17.7. The molecule has 13 heteroatoms. The van der Waals surface area contributed by atoms with Crippen LogP contribution in [0.25, 0.3) is 0 Å². The molecule has 0 aromatic heterocycles. The number of rotatable bonds is 36. The summed E-state index contributed by atoms with van der Waals surface area (Å²) in [6, 6.07) is 9.33. The quantitative estimate of drug-likeness (QED) is 0.0223. The highest BCUT2D eigenvalue weighted by atomic mass is 31.2. The number of fused-ring (bicyclic) bond motifs is 5. The van der Waals surface area contributed by atoms with E-state index in [2.05, 4.69) is 43.5 Å². The SMILES string of the molecule is CCCCCCCCCCCCOP(=O)(OCCCCCCCCCCCC)Oc1ccc2c(c1)CCC1C2CCC2(C)C(OCCC(=O)NCCCNC(=O)c3c(OC)ccc(N)c3O)CCC12. The fraction of sp³-hybridized carbons (Fsp3) is 0.750. The smallest absolute Gasteiger partial charge is 0.505 e. The van der Waals surface area contributed by atoms with E-state index in [0.717, 1.165) is 64.2 Å². The van der Waals surface area contributed by atoms with Gasteiger partial charge in [0.25, 0.3) is 5.91 Å². The highest BCUT2D eigenvalue weighted by molar-refractivity contribution is 7.48. The van der Waals surface area contributed by atoms with Crippen LogP contribution in [0.1, 0.15) is 222 Å². The number of nitrogens with one attached hydrogen (secondary N) is 2. The number of aromatic hydroxyl groups is 1. The maximum atomic E-state index is 14.2. The Morgan fingerprint density at radius 1 is 0.739 bits per heavy atom. The summed E-state index contributed by atoms with van der Waals surface area (Å²) >= 11 is 0. The number of phosphoric ester groups is 1. The van der Waals surface area contributed by atoms with E-state index < -0.39 is 13.7 Å². The number of unbranched alkanes of at least 4 members (excludes halogenated alkanes) is 18. The second kappa shape index (κ2) is 30.5. The first kappa shape index (κ1) is 56.6. The van der Waals surface area contributed by atoms with Gasteiger partial charge in [0.1, 0.15) is 17.1 Å². The van der Waals surface area contributed by atoms with Crippen molar-refractivity contribution in [2.75, 3.05) is 45.8 Å². The number of ether oxygens (including phenoxy) is 2. The maximum absolute atomic E-state index is 14.2. The zero-order valence-electron chi connectivity index (χ0n) is 43.3. The molecular weight excluding hydrogens is 890 g/mol. The van der Waals surface area contributed by atoms with Gasteiger partial charge in [-0.1, -0.05) is 142 Å². The summed E-state index contributed by atoms with van der Waals surface area (Å²) in [6.45, 7) is 8.76. The Morgan fingerprint density at radius 2 is 1.33 bits per heavy atom. The average Bonchev–Trinajstić information content (AvgIpc) is 3.68. The molecule has 390 valence electrons. The summed E-state index contributed by atoms with van der Waals surface area (Å²) in [7, 11) is -2.38. The molecule has 12 nitrogen and oxygen atoms in total. The number of benzene rings is 2. The van der Waals surface area contributed by atoms with Crippen molar-refractivity contribution in [1.29, 1.82) is 0 Å². The molecule has 5 N–H and O–H groups in total. The van der Waals surface area contributed by atoms with Crippen molar-refractivity contribution in [1.82, 2.24) is 10.6 Å². The van der Waals surface area contributed by atoms with Crippen LogP contribution >= 0.6 is 7.82 Å². The lowest BCUT2D eigenvalue weighted by molar-refractivity contribution is -0.124. The van der Waals surface area contributed by atoms with E-state index in [9.17, 15) is 19.3 Å². The van der Waals surface area contributed by atoms with E-state index in [4.69, 9.17) is 28.8 Å². The summed E-state index contributed by atoms with van der Waals surface area (Å²) < 4.78 is 44.3. The Kier molecular flexibility index (Phi) is 25.1. The largest absolute Gasteiger partial charge is 0.530 e. The van der Waals surface area contributed by atoms with Gasteiger partial charge in [0.2, 0.25) is 5.91 Å². The fourth-order valence-corrected chi connectivity index (χ4v) is 12.8. The standard InChI is InChI=1S/C56H92N3O9P/c1-5-7-9-11-13-15-17-19-21-23-39-66-69(63,67-40-24-22-20-18-16-14-12-10-8-6-2)68-44-27-29-45-43(42-44)26-28-47-46(45)34-36-56(3)48(47)30-33-51(56)65-41-35-52(60)58-37-25-38-59-55(62)53-50(64-4)32-31-49(57)54(53)61/h27,29,31-32,42,46-48,51,61H,5-26,28,30,33-41,57H2,1-4H3,(H,58,60)(H,59,62). The summed E-state index contributed by atoms with van der Waals surface area (Å²) in [6.07, 6.45) is 31.8. The minimum absolute atomic E-state index is 0.00688. The normalized spacial score (nSPS) is 20.8. The second-order valence-corrected chi connectivity index (χ2v) is 22.2. The number of aryl methyl sites for hydroxylation is 1. The Morgan fingerprint density at radius 3 is 1.94 bits per heavy atom. The molecule has 0 aliphatic heterocycles. The number of anilines is 1. The topological polar surface area (TPSA) is 168 Å². The van der Waals surface area contributed by atoms with Gasteiger partial charge in [0, 0.05) is 19.5 Å². The average molecular weight is 982 g/mol. The van der Waals surface area contributed by atoms with Gasteiger partial charge >= 0.3 is 7.82 Å². The van der Waals surface area contributed by atoms with Crippen LogP contribution in [0.3, 0.4) is 0 Å². The zero-order valence-corrected chi connectivity index (χ0v) is 44.2. The number of hydrogen-bond acceptors (Lipinski definition) is 10. The van der Waals surface area contributed by atoms with Crippen molar-refractivity contribution in [2.45, 2.75) is 213 Å². The van der Waals surface area contributed by atoms with Crippen LogP contribution in [-0.4, -0.2) is 63.0 Å². The zero-order chi connectivity index (χ0) is 49.3. The number of methoxy groups -OCH3 is 1. The summed E-state index contributed by atoms with van der Waals surface area (Å²) in [5.74, 6) is 1.53. The molecule has 2 fully saturated rings. The van der Waals surface area contributed by atoms with Crippen molar-refractivity contribution in [3.05, 3.63) is 47.0 Å². The second-order valence-electron chi connectivity index (χ2n) is 20.6. The number of nitrogen functional groups attached to an aromatic ring is 1. The number of phenols is 1. The molecule has 5 unspecified atom stereocenters. The third-order valence-electron chi connectivity index (χ3n) is 15.6. The Hall–Kier alpha value is -3.31. The fourth-order valence-electron chi connectivity index (χ4n) is 11.6. The Bertz CT molecular complexity index is 1850. The van der Waals surface area contributed by atoms with Crippen LogP contribution in [-0.2, 0) is 29.6 Å². The van der Waals surface area contributed by atoms with Crippen molar-refractivity contribution < 1.29 is 42.3 Å². The first-order chi connectivity index (χ1) is 33.5.